The molecule has 25 heavy (non-hydrogen) atoms. The first kappa shape index (κ1) is 19.3. The Morgan fingerprint density at radius 1 is 1.36 bits per heavy atom. The lowest BCUT2D eigenvalue weighted by atomic mass is 10.2. The van der Waals surface area contributed by atoms with Crippen LogP contribution in [0.1, 0.15) is 11.3 Å². The molecule has 1 heterocycles. The van der Waals surface area contributed by atoms with Gasteiger partial charge in [0.25, 0.3) is 0 Å². The van der Waals surface area contributed by atoms with Crippen LogP contribution in [0.15, 0.2) is 42.6 Å². The molecule has 0 aliphatic rings. The van der Waals surface area contributed by atoms with Crippen LogP contribution in [-0.4, -0.2) is 42.6 Å². The summed E-state index contributed by atoms with van der Waals surface area (Å²) in [5, 5.41) is 3.18. The van der Waals surface area contributed by atoms with Crippen molar-refractivity contribution in [1.29, 1.82) is 0 Å². The summed E-state index contributed by atoms with van der Waals surface area (Å²) in [6.07, 6.45) is 1.68. The first-order valence-electron chi connectivity index (χ1n) is 7.90. The van der Waals surface area contributed by atoms with Gasteiger partial charge in [-0.1, -0.05) is 23.7 Å². The van der Waals surface area contributed by atoms with Crippen molar-refractivity contribution >= 4 is 17.5 Å². The van der Waals surface area contributed by atoms with Crippen LogP contribution in [0.2, 0.25) is 5.02 Å². The average Bonchev–Trinajstić information content (AvgIpc) is 2.61. The lowest BCUT2D eigenvalue weighted by molar-refractivity contribution is -0.122. The Morgan fingerprint density at radius 3 is 2.88 bits per heavy atom. The molecule has 1 amide bonds. The largest absolute Gasteiger partial charge is 0.383 e. The van der Waals surface area contributed by atoms with Crippen LogP contribution in [0.5, 0.6) is 0 Å². The normalized spacial score (nSPS) is 10.9. The number of hydrogen-bond donors (Lipinski definition) is 1. The number of amides is 1. The Hall–Kier alpha value is -2.02. The van der Waals surface area contributed by atoms with Gasteiger partial charge in [0.1, 0.15) is 5.82 Å². The van der Waals surface area contributed by atoms with Gasteiger partial charge in [-0.25, -0.2) is 4.39 Å². The highest BCUT2D eigenvalue weighted by Gasteiger charge is 2.13. The van der Waals surface area contributed by atoms with Crippen LogP contribution in [0.3, 0.4) is 0 Å². The summed E-state index contributed by atoms with van der Waals surface area (Å²) in [5.41, 5.74) is 1.55. The van der Waals surface area contributed by atoms with Gasteiger partial charge in [0.15, 0.2) is 0 Å². The Kier molecular flexibility index (Phi) is 7.78. The number of benzene rings is 1. The number of aromatic nitrogens is 1. The van der Waals surface area contributed by atoms with Gasteiger partial charge in [-0.3, -0.25) is 14.7 Å². The van der Waals surface area contributed by atoms with Crippen molar-refractivity contribution in [1.82, 2.24) is 15.2 Å². The zero-order valence-corrected chi connectivity index (χ0v) is 14.8. The third-order valence-electron chi connectivity index (χ3n) is 3.58. The van der Waals surface area contributed by atoms with E-state index in [1.165, 1.54) is 12.1 Å². The molecular weight excluding hydrogens is 345 g/mol. The number of nitrogens with one attached hydrogen (secondary N) is 1. The van der Waals surface area contributed by atoms with E-state index in [2.05, 4.69) is 10.3 Å². The standard InChI is InChI=1S/C18H21ClFN3O2/c1-25-9-8-23(12-14-5-6-15(20)10-17(14)19)13-18(24)22-11-16-4-2-3-7-21-16/h2-7,10H,8-9,11-13H2,1H3,(H,22,24). The Morgan fingerprint density at radius 2 is 2.20 bits per heavy atom. The fourth-order valence-electron chi connectivity index (χ4n) is 2.28. The highest BCUT2D eigenvalue weighted by Crippen LogP contribution is 2.19. The maximum Gasteiger partial charge on any atom is 0.234 e. The van der Waals surface area contributed by atoms with Gasteiger partial charge in [-0.2, -0.15) is 0 Å². The second-order valence-corrected chi connectivity index (χ2v) is 5.94. The predicted molar refractivity (Wildman–Crippen MR) is 94.6 cm³/mol. The van der Waals surface area contributed by atoms with E-state index in [0.29, 0.717) is 31.3 Å². The van der Waals surface area contributed by atoms with Crippen molar-refractivity contribution < 1.29 is 13.9 Å². The van der Waals surface area contributed by atoms with Gasteiger partial charge in [0.05, 0.1) is 25.4 Å². The third kappa shape index (κ3) is 6.78. The number of hydrogen-bond acceptors (Lipinski definition) is 4. The molecule has 5 nitrogen and oxygen atoms in total. The van der Waals surface area contributed by atoms with Gasteiger partial charge in [-0.05, 0) is 29.8 Å². The molecule has 0 spiro atoms. The first-order chi connectivity index (χ1) is 12.1. The minimum Gasteiger partial charge on any atom is -0.383 e. The summed E-state index contributed by atoms with van der Waals surface area (Å²) in [4.78, 5) is 18.3. The number of carbonyl (C=O) groups excluding carboxylic acids is 1. The Labute approximate surface area is 151 Å². The molecule has 0 aliphatic carbocycles. The molecular formula is C18H21ClFN3O2. The predicted octanol–water partition coefficient (Wildman–Crippen LogP) is 2.64. The van der Waals surface area contributed by atoms with Gasteiger partial charge < -0.3 is 10.1 Å². The van der Waals surface area contributed by atoms with Gasteiger partial charge in [-0.15, -0.1) is 0 Å². The molecule has 2 aromatic rings. The molecule has 1 aromatic carbocycles. The molecule has 1 N–H and O–H groups in total. The van der Waals surface area contributed by atoms with Gasteiger partial charge >= 0.3 is 0 Å². The number of carbonyl (C=O) groups is 1. The van der Waals surface area contributed by atoms with Crippen molar-refractivity contribution in [2.75, 3.05) is 26.8 Å². The zero-order valence-electron chi connectivity index (χ0n) is 14.0. The Bertz CT molecular complexity index is 685. The van der Waals surface area contributed by atoms with Crippen LogP contribution in [-0.2, 0) is 22.6 Å². The zero-order chi connectivity index (χ0) is 18.1. The maximum absolute atomic E-state index is 13.2. The van der Waals surface area contributed by atoms with E-state index in [1.54, 1.807) is 19.4 Å². The van der Waals surface area contributed by atoms with E-state index in [-0.39, 0.29) is 18.3 Å². The summed E-state index contributed by atoms with van der Waals surface area (Å²) in [5.74, 6) is -0.509. The number of rotatable bonds is 9. The minimum atomic E-state index is -0.384. The van der Waals surface area contributed by atoms with Crippen molar-refractivity contribution in [3.05, 3.63) is 64.7 Å². The van der Waals surface area contributed by atoms with Crippen LogP contribution in [0.25, 0.3) is 0 Å². The molecule has 134 valence electrons. The van der Waals surface area contributed by atoms with E-state index in [4.69, 9.17) is 16.3 Å². The van der Waals surface area contributed by atoms with E-state index in [0.717, 1.165) is 11.3 Å². The average molecular weight is 366 g/mol. The van der Waals surface area contributed by atoms with E-state index in [9.17, 15) is 9.18 Å². The van der Waals surface area contributed by atoms with E-state index >= 15 is 0 Å². The van der Waals surface area contributed by atoms with Crippen molar-refractivity contribution in [3.63, 3.8) is 0 Å². The topological polar surface area (TPSA) is 54.5 Å². The van der Waals surface area contributed by atoms with Gasteiger partial charge in [0, 0.05) is 31.4 Å². The quantitative estimate of drug-likeness (QED) is 0.742. The number of methoxy groups -OCH3 is 1. The monoisotopic (exact) mass is 365 g/mol. The fraction of sp³-hybridized carbons (Fsp3) is 0.333. The summed E-state index contributed by atoms with van der Waals surface area (Å²) >= 11 is 6.08. The number of halogens is 2. The van der Waals surface area contributed by atoms with E-state index in [1.807, 2.05) is 23.1 Å². The molecule has 2 rings (SSSR count). The summed E-state index contributed by atoms with van der Waals surface area (Å²) < 4.78 is 18.3. The van der Waals surface area contributed by atoms with Crippen LogP contribution in [0.4, 0.5) is 4.39 Å². The van der Waals surface area contributed by atoms with Crippen molar-refractivity contribution in [2.24, 2.45) is 0 Å². The molecule has 0 atom stereocenters. The van der Waals surface area contributed by atoms with Crippen LogP contribution in [0, 0.1) is 5.82 Å². The second-order valence-electron chi connectivity index (χ2n) is 5.54. The van der Waals surface area contributed by atoms with Crippen LogP contribution < -0.4 is 5.32 Å². The lowest BCUT2D eigenvalue weighted by Crippen LogP contribution is -2.38. The SMILES string of the molecule is COCCN(CC(=O)NCc1ccccn1)Cc1ccc(F)cc1Cl. The minimum absolute atomic E-state index is 0.125. The first-order valence-corrected chi connectivity index (χ1v) is 8.28. The molecule has 0 fully saturated rings. The summed E-state index contributed by atoms with van der Waals surface area (Å²) in [7, 11) is 1.60. The molecule has 0 aliphatic heterocycles. The molecule has 0 saturated heterocycles. The second kappa shape index (κ2) is 10.1. The summed E-state index contributed by atoms with van der Waals surface area (Å²) in [6, 6.07) is 9.80. The molecule has 7 heteroatoms. The van der Waals surface area contributed by atoms with E-state index < -0.39 is 0 Å². The smallest absolute Gasteiger partial charge is 0.234 e. The highest BCUT2D eigenvalue weighted by molar-refractivity contribution is 6.31. The molecule has 0 unspecified atom stereocenters. The Balaban J connectivity index is 1.93. The van der Waals surface area contributed by atoms with Crippen LogP contribution >= 0.6 is 11.6 Å². The number of ether oxygens (including phenoxy) is 1. The number of pyridine rings is 1. The summed E-state index contributed by atoms with van der Waals surface area (Å²) in [6.45, 7) is 2.02. The third-order valence-corrected chi connectivity index (χ3v) is 3.93. The number of nitrogens with zero attached hydrogens (tertiary/aromatic N) is 2. The maximum atomic E-state index is 13.2. The van der Waals surface area contributed by atoms with Gasteiger partial charge in [0.2, 0.25) is 5.91 Å². The fourth-order valence-corrected chi connectivity index (χ4v) is 2.50. The molecule has 0 bridgehead atoms. The van der Waals surface area contributed by atoms with Crippen molar-refractivity contribution in [3.8, 4) is 0 Å². The highest BCUT2D eigenvalue weighted by atomic mass is 35.5. The van der Waals surface area contributed by atoms with Crippen molar-refractivity contribution in [2.45, 2.75) is 13.1 Å². The lowest BCUT2D eigenvalue weighted by Gasteiger charge is -2.22. The molecule has 0 radical (unpaired) electrons. The molecule has 0 saturated carbocycles. The molecule has 1 aromatic heterocycles.